The topological polar surface area (TPSA) is 106 Å². The van der Waals surface area contributed by atoms with Gasteiger partial charge in [0.25, 0.3) is 0 Å². The first-order chi connectivity index (χ1) is 12.5. The van der Waals surface area contributed by atoms with Gasteiger partial charge in [-0.3, -0.25) is 0 Å². The number of ether oxygens (including phenoxy) is 1. The van der Waals surface area contributed by atoms with Crippen LogP contribution >= 0.6 is 11.6 Å². The van der Waals surface area contributed by atoms with Crippen molar-refractivity contribution < 1.29 is 19.3 Å². The first-order valence-corrected chi connectivity index (χ1v) is 8.37. The third kappa shape index (κ3) is 2.80. The number of aromatic nitrogens is 3. The highest BCUT2D eigenvalue weighted by Crippen LogP contribution is 2.37. The van der Waals surface area contributed by atoms with Crippen LogP contribution in [-0.2, 0) is 4.74 Å². The van der Waals surface area contributed by atoms with Gasteiger partial charge >= 0.3 is 0 Å². The number of halogens is 2. The molecule has 4 atom stereocenters. The Kier molecular flexibility index (Phi) is 4.28. The molecular formula is C17H16ClFN4O3. The fraction of sp³-hybridized carbons (Fsp3) is 0.294. The largest absolute Gasteiger partial charge is 0.390 e. The molecule has 4 rings (SSSR count). The summed E-state index contributed by atoms with van der Waals surface area (Å²) in [6, 6.07) is 5.75. The molecule has 1 aliphatic rings. The minimum absolute atomic E-state index is 0.0391. The van der Waals surface area contributed by atoms with Crippen LogP contribution in [0.4, 0.5) is 10.2 Å². The number of hydrogen-bond acceptors (Lipinski definition) is 6. The minimum atomic E-state index is -1.21. The molecule has 1 saturated heterocycles. The maximum absolute atomic E-state index is 13.7. The Morgan fingerprint density at radius 1 is 1.35 bits per heavy atom. The van der Waals surface area contributed by atoms with Crippen molar-refractivity contribution in [2.75, 3.05) is 5.73 Å². The Hall–Kier alpha value is -2.26. The predicted octanol–water partition coefficient (Wildman–Crippen LogP) is 2.19. The van der Waals surface area contributed by atoms with Crippen LogP contribution in [0.15, 0.2) is 36.8 Å². The Labute approximate surface area is 152 Å². The van der Waals surface area contributed by atoms with Gasteiger partial charge in [0.15, 0.2) is 0 Å². The third-order valence-corrected chi connectivity index (χ3v) is 4.89. The summed E-state index contributed by atoms with van der Waals surface area (Å²) >= 11 is 5.67. The van der Waals surface area contributed by atoms with Gasteiger partial charge in [-0.2, -0.15) is 0 Å². The lowest BCUT2D eigenvalue weighted by molar-refractivity contribution is -0.0828. The standard InChI is InChI=1S/C17H16ClFN4O3/c18-10-2-1-8(5-11(10)19)14(25)15-12(24)6-13(26-15)23-4-3-9-16(20)21-7-22-17(9)23/h1-5,7,12-15,24-25H,6H2,(H2,20,21,22)/t12-,13+,14+,15-/m0/s1. The maximum atomic E-state index is 13.7. The van der Waals surface area contributed by atoms with E-state index in [2.05, 4.69) is 9.97 Å². The Morgan fingerprint density at radius 2 is 2.15 bits per heavy atom. The summed E-state index contributed by atoms with van der Waals surface area (Å²) in [5, 5.41) is 21.5. The van der Waals surface area contributed by atoms with Gasteiger partial charge in [-0.05, 0) is 23.8 Å². The van der Waals surface area contributed by atoms with Crippen LogP contribution in [0.1, 0.15) is 24.3 Å². The van der Waals surface area contributed by atoms with E-state index in [1.54, 1.807) is 16.8 Å². The summed E-state index contributed by atoms with van der Waals surface area (Å²) in [6.07, 6.45) is -0.281. The van der Waals surface area contributed by atoms with Gasteiger partial charge in [0.2, 0.25) is 0 Å². The van der Waals surface area contributed by atoms with Crippen LogP contribution in [0, 0.1) is 5.82 Å². The van der Waals surface area contributed by atoms with Crippen LogP contribution in [0.2, 0.25) is 5.02 Å². The molecule has 1 aromatic carbocycles. The van der Waals surface area contributed by atoms with Crippen molar-refractivity contribution >= 4 is 28.5 Å². The molecule has 0 spiro atoms. The van der Waals surface area contributed by atoms with Gasteiger partial charge in [0.05, 0.1) is 16.5 Å². The number of aliphatic hydroxyl groups is 2. The van der Waals surface area contributed by atoms with E-state index in [9.17, 15) is 14.6 Å². The van der Waals surface area contributed by atoms with E-state index in [0.717, 1.165) is 6.07 Å². The molecule has 2 aromatic heterocycles. The third-order valence-electron chi connectivity index (χ3n) is 4.58. The van der Waals surface area contributed by atoms with Crippen LogP contribution in [0.3, 0.4) is 0 Å². The van der Waals surface area contributed by atoms with E-state index in [0.29, 0.717) is 16.9 Å². The normalized spacial score (nSPS) is 24.2. The van der Waals surface area contributed by atoms with Crippen LogP contribution < -0.4 is 5.73 Å². The number of rotatable bonds is 3. The summed E-state index contributed by atoms with van der Waals surface area (Å²) in [6.45, 7) is 0. The monoisotopic (exact) mass is 378 g/mol. The zero-order valence-electron chi connectivity index (χ0n) is 13.5. The second-order valence-corrected chi connectivity index (χ2v) is 6.60. The fourth-order valence-corrected chi connectivity index (χ4v) is 3.36. The molecule has 0 unspecified atom stereocenters. The number of nitrogen functional groups attached to an aromatic ring is 1. The van der Waals surface area contributed by atoms with Gasteiger partial charge in [-0.25, -0.2) is 14.4 Å². The first kappa shape index (κ1) is 17.2. The smallest absolute Gasteiger partial charge is 0.147 e. The van der Waals surface area contributed by atoms with Crippen molar-refractivity contribution in [1.29, 1.82) is 0 Å². The number of nitrogens with zero attached hydrogens (tertiary/aromatic N) is 3. The van der Waals surface area contributed by atoms with Crippen molar-refractivity contribution in [1.82, 2.24) is 14.5 Å². The highest BCUT2D eigenvalue weighted by molar-refractivity contribution is 6.30. The van der Waals surface area contributed by atoms with E-state index in [-0.39, 0.29) is 17.0 Å². The molecule has 3 aromatic rings. The second-order valence-electron chi connectivity index (χ2n) is 6.20. The van der Waals surface area contributed by atoms with Crippen LogP contribution in [-0.4, -0.2) is 37.0 Å². The van der Waals surface area contributed by atoms with Crippen molar-refractivity contribution in [2.24, 2.45) is 0 Å². The summed E-state index contributed by atoms with van der Waals surface area (Å²) in [4.78, 5) is 8.14. The first-order valence-electron chi connectivity index (χ1n) is 7.99. The van der Waals surface area contributed by atoms with Gasteiger partial charge in [0.1, 0.15) is 42.0 Å². The van der Waals surface area contributed by atoms with E-state index in [1.807, 2.05) is 0 Å². The predicted molar refractivity (Wildman–Crippen MR) is 92.8 cm³/mol. The lowest BCUT2D eigenvalue weighted by Gasteiger charge is -2.22. The molecule has 9 heteroatoms. The molecule has 7 nitrogen and oxygen atoms in total. The summed E-state index contributed by atoms with van der Waals surface area (Å²) in [7, 11) is 0. The Balaban J connectivity index is 1.61. The fourth-order valence-electron chi connectivity index (χ4n) is 3.24. The van der Waals surface area contributed by atoms with Gasteiger partial charge < -0.3 is 25.3 Å². The van der Waals surface area contributed by atoms with E-state index in [1.165, 1.54) is 18.5 Å². The molecule has 0 radical (unpaired) electrons. The number of anilines is 1. The molecule has 0 bridgehead atoms. The Bertz CT molecular complexity index is 966. The number of aliphatic hydroxyl groups excluding tert-OH is 2. The summed E-state index contributed by atoms with van der Waals surface area (Å²) in [5.41, 5.74) is 6.68. The van der Waals surface area contributed by atoms with Crippen molar-refractivity contribution in [3.05, 3.63) is 53.2 Å². The SMILES string of the molecule is Nc1ncnc2c1ccn2[C@H]1C[C@H](O)[C@@H]([C@H](O)c2ccc(Cl)c(F)c2)O1. The zero-order valence-corrected chi connectivity index (χ0v) is 14.2. The molecule has 0 amide bonds. The van der Waals surface area contributed by atoms with Crippen molar-refractivity contribution in [3.8, 4) is 0 Å². The molecule has 3 heterocycles. The molecule has 0 aliphatic carbocycles. The quantitative estimate of drug-likeness (QED) is 0.645. The average Bonchev–Trinajstić information content (AvgIpc) is 3.21. The average molecular weight is 379 g/mol. The number of benzene rings is 1. The molecule has 136 valence electrons. The minimum Gasteiger partial charge on any atom is -0.390 e. The molecular weight excluding hydrogens is 363 g/mol. The molecule has 1 aliphatic heterocycles. The molecule has 0 saturated carbocycles. The van der Waals surface area contributed by atoms with Crippen molar-refractivity contribution in [3.63, 3.8) is 0 Å². The maximum Gasteiger partial charge on any atom is 0.147 e. The van der Waals surface area contributed by atoms with E-state index >= 15 is 0 Å². The van der Waals surface area contributed by atoms with Gasteiger partial charge in [0, 0.05) is 12.6 Å². The highest BCUT2D eigenvalue weighted by atomic mass is 35.5. The van der Waals surface area contributed by atoms with Gasteiger partial charge in [-0.15, -0.1) is 0 Å². The van der Waals surface area contributed by atoms with Crippen LogP contribution in [0.5, 0.6) is 0 Å². The van der Waals surface area contributed by atoms with Crippen molar-refractivity contribution in [2.45, 2.75) is 31.0 Å². The number of nitrogens with two attached hydrogens (primary N) is 1. The summed E-state index contributed by atoms with van der Waals surface area (Å²) < 4.78 is 21.2. The van der Waals surface area contributed by atoms with E-state index in [4.69, 9.17) is 22.1 Å². The number of fused-ring (bicyclic) bond motifs is 1. The molecule has 4 N–H and O–H groups in total. The molecule has 1 fully saturated rings. The summed E-state index contributed by atoms with van der Waals surface area (Å²) in [5.74, 6) is -0.295. The lowest BCUT2D eigenvalue weighted by Crippen LogP contribution is -2.28. The lowest BCUT2D eigenvalue weighted by atomic mass is 10.0. The number of hydrogen-bond donors (Lipinski definition) is 3. The van der Waals surface area contributed by atoms with E-state index < -0.39 is 30.4 Å². The van der Waals surface area contributed by atoms with Gasteiger partial charge in [-0.1, -0.05) is 17.7 Å². The Morgan fingerprint density at radius 3 is 2.92 bits per heavy atom. The second kappa shape index (κ2) is 6.48. The highest BCUT2D eigenvalue weighted by Gasteiger charge is 2.40. The zero-order chi connectivity index (χ0) is 18.4. The van der Waals surface area contributed by atoms with Crippen LogP contribution in [0.25, 0.3) is 11.0 Å². The molecule has 26 heavy (non-hydrogen) atoms.